The van der Waals surface area contributed by atoms with Crippen LogP contribution in [-0.2, 0) is 9.53 Å². The predicted molar refractivity (Wildman–Crippen MR) is 74.6 cm³/mol. The van der Waals surface area contributed by atoms with E-state index in [-0.39, 0.29) is 5.97 Å². The van der Waals surface area contributed by atoms with Crippen molar-refractivity contribution in [3.05, 3.63) is 35.9 Å². The molecule has 0 amide bonds. The average Bonchev–Trinajstić information content (AvgIpc) is 2.42. The molecule has 0 bridgehead atoms. The summed E-state index contributed by atoms with van der Waals surface area (Å²) in [5.74, 6) is 0.435. The first-order valence-corrected chi connectivity index (χ1v) is 6.98. The lowest BCUT2D eigenvalue weighted by Crippen LogP contribution is -2.08. The quantitative estimate of drug-likeness (QED) is 0.641. The topological polar surface area (TPSA) is 26.3 Å². The third-order valence-electron chi connectivity index (χ3n) is 3.23. The van der Waals surface area contributed by atoms with E-state index in [9.17, 15) is 4.79 Å². The van der Waals surface area contributed by atoms with Crippen LogP contribution in [-0.4, -0.2) is 12.6 Å². The Kier molecular flexibility index (Phi) is 7.16. The van der Waals surface area contributed by atoms with Crippen molar-refractivity contribution in [2.24, 2.45) is 0 Å². The zero-order valence-electron chi connectivity index (χ0n) is 11.5. The fourth-order valence-corrected chi connectivity index (χ4v) is 2.04. The molecule has 1 atom stereocenters. The number of ether oxygens (including phenoxy) is 1. The smallest absolute Gasteiger partial charge is 0.305 e. The van der Waals surface area contributed by atoms with Crippen LogP contribution in [0.25, 0.3) is 0 Å². The largest absolute Gasteiger partial charge is 0.466 e. The Morgan fingerprint density at radius 3 is 2.56 bits per heavy atom. The van der Waals surface area contributed by atoms with Crippen molar-refractivity contribution < 1.29 is 9.53 Å². The predicted octanol–water partition coefficient (Wildman–Crippen LogP) is 4.30. The van der Waals surface area contributed by atoms with Crippen LogP contribution in [0, 0.1) is 0 Å². The normalized spacial score (nSPS) is 12.1. The van der Waals surface area contributed by atoms with Crippen molar-refractivity contribution in [2.75, 3.05) is 6.61 Å². The van der Waals surface area contributed by atoms with Crippen LogP contribution < -0.4 is 0 Å². The molecule has 0 N–H and O–H groups in total. The SMILES string of the molecule is CCCCC(=O)OCCC(CC)c1ccccc1. The van der Waals surface area contributed by atoms with Crippen LogP contribution in [0.2, 0.25) is 0 Å². The molecule has 1 aromatic carbocycles. The van der Waals surface area contributed by atoms with E-state index in [1.54, 1.807) is 0 Å². The average molecular weight is 248 g/mol. The molecule has 0 aromatic heterocycles. The summed E-state index contributed by atoms with van der Waals surface area (Å²) in [6.07, 6.45) is 4.51. The maximum atomic E-state index is 11.4. The van der Waals surface area contributed by atoms with Gasteiger partial charge in [0.15, 0.2) is 0 Å². The van der Waals surface area contributed by atoms with Crippen molar-refractivity contribution in [1.82, 2.24) is 0 Å². The van der Waals surface area contributed by atoms with Gasteiger partial charge in [0, 0.05) is 6.42 Å². The number of rotatable bonds is 8. The molecule has 0 radical (unpaired) electrons. The van der Waals surface area contributed by atoms with Crippen molar-refractivity contribution in [3.8, 4) is 0 Å². The Morgan fingerprint density at radius 2 is 1.94 bits per heavy atom. The third-order valence-corrected chi connectivity index (χ3v) is 3.23. The minimum absolute atomic E-state index is 0.0558. The minimum atomic E-state index is -0.0558. The van der Waals surface area contributed by atoms with Gasteiger partial charge in [-0.15, -0.1) is 0 Å². The van der Waals surface area contributed by atoms with Gasteiger partial charge in [0.1, 0.15) is 0 Å². The molecule has 0 aliphatic carbocycles. The maximum absolute atomic E-state index is 11.4. The summed E-state index contributed by atoms with van der Waals surface area (Å²) >= 11 is 0. The van der Waals surface area contributed by atoms with Crippen LogP contribution in [0.15, 0.2) is 30.3 Å². The van der Waals surface area contributed by atoms with Crippen molar-refractivity contribution in [2.45, 2.75) is 51.9 Å². The number of benzene rings is 1. The van der Waals surface area contributed by atoms with Gasteiger partial charge in [0.2, 0.25) is 0 Å². The van der Waals surface area contributed by atoms with E-state index in [4.69, 9.17) is 4.74 Å². The molecule has 1 unspecified atom stereocenters. The second-order valence-electron chi connectivity index (χ2n) is 4.63. The first-order chi connectivity index (χ1) is 8.77. The Bertz CT molecular complexity index is 332. The first kappa shape index (κ1) is 14.7. The highest BCUT2D eigenvalue weighted by Gasteiger charge is 2.10. The van der Waals surface area contributed by atoms with Crippen LogP contribution in [0.5, 0.6) is 0 Å². The molecule has 0 saturated carbocycles. The lowest BCUT2D eigenvalue weighted by molar-refractivity contribution is -0.144. The molecular formula is C16H24O2. The number of hydrogen-bond acceptors (Lipinski definition) is 2. The second-order valence-corrected chi connectivity index (χ2v) is 4.63. The van der Waals surface area contributed by atoms with Gasteiger partial charge in [-0.1, -0.05) is 50.6 Å². The van der Waals surface area contributed by atoms with Gasteiger partial charge in [-0.05, 0) is 30.7 Å². The summed E-state index contributed by atoms with van der Waals surface area (Å²) < 4.78 is 5.26. The lowest BCUT2D eigenvalue weighted by Gasteiger charge is -2.15. The van der Waals surface area contributed by atoms with E-state index in [0.29, 0.717) is 18.9 Å². The highest BCUT2D eigenvalue weighted by molar-refractivity contribution is 5.69. The van der Waals surface area contributed by atoms with Crippen LogP contribution >= 0.6 is 0 Å². The zero-order chi connectivity index (χ0) is 13.2. The minimum Gasteiger partial charge on any atom is -0.466 e. The van der Waals surface area contributed by atoms with Gasteiger partial charge in [0.25, 0.3) is 0 Å². The Balaban J connectivity index is 2.30. The molecule has 0 fully saturated rings. The molecule has 1 rings (SSSR count). The number of esters is 1. The van der Waals surface area contributed by atoms with Crippen LogP contribution in [0.4, 0.5) is 0 Å². The van der Waals surface area contributed by atoms with E-state index in [1.807, 2.05) is 6.07 Å². The van der Waals surface area contributed by atoms with Crippen LogP contribution in [0.1, 0.15) is 57.4 Å². The monoisotopic (exact) mass is 248 g/mol. The standard InChI is InChI=1S/C16H24O2/c1-3-5-11-16(17)18-13-12-14(4-2)15-9-7-6-8-10-15/h6-10,14H,3-5,11-13H2,1-2H3. The van der Waals surface area contributed by atoms with Gasteiger partial charge < -0.3 is 4.74 Å². The van der Waals surface area contributed by atoms with Crippen molar-refractivity contribution >= 4 is 5.97 Å². The molecule has 1 aromatic rings. The Morgan fingerprint density at radius 1 is 1.22 bits per heavy atom. The van der Waals surface area contributed by atoms with Gasteiger partial charge in [-0.3, -0.25) is 4.79 Å². The summed E-state index contributed by atoms with van der Waals surface area (Å²) in [6, 6.07) is 10.4. The third kappa shape index (κ3) is 5.35. The molecule has 2 nitrogen and oxygen atoms in total. The molecule has 0 aliphatic heterocycles. The first-order valence-electron chi connectivity index (χ1n) is 6.98. The van der Waals surface area contributed by atoms with Crippen molar-refractivity contribution in [1.29, 1.82) is 0 Å². The summed E-state index contributed by atoms with van der Waals surface area (Å²) in [6.45, 7) is 4.79. The molecular weight excluding hydrogens is 224 g/mol. The number of carbonyl (C=O) groups excluding carboxylic acids is 1. The maximum Gasteiger partial charge on any atom is 0.305 e. The molecule has 0 spiro atoms. The van der Waals surface area contributed by atoms with E-state index >= 15 is 0 Å². The summed E-state index contributed by atoms with van der Waals surface area (Å²) in [5.41, 5.74) is 1.34. The Hall–Kier alpha value is -1.31. The molecule has 0 aliphatic rings. The number of unbranched alkanes of at least 4 members (excludes halogenated alkanes) is 1. The van der Waals surface area contributed by atoms with Gasteiger partial charge in [-0.25, -0.2) is 0 Å². The Labute approximate surface area is 110 Å². The second kappa shape index (κ2) is 8.73. The zero-order valence-corrected chi connectivity index (χ0v) is 11.5. The van der Waals surface area contributed by atoms with Crippen LogP contribution in [0.3, 0.4) is 0 Å². The molecule has 100 valence electrons. The van der Waals surface area contributed by atoms with E-state index in [0.717, 1.165) is 25.7 Å². The highest BCUT2D eigenvalue weighted by atomic mass is 16.5. The van der Waals surface area contributed by atoms with Gasteiger partial charge in [0.05, 0.1) is 6.61 Å². The number of hydrogen-bond donors (Lipinski definition) is 0. The summed E-state index contributed by atoms with van der Waals surface area (Å²) in [7, 11) is 0. The lowest BCUT2D eigenvalue weighted by atomic mass is 9.94. The fourth-order valence-electron chi connectivity index (χ4n) is 2.04. The molecule has 0 saturated heterocycles. The van der Waals surface area contributed by atoms with Gasteiger partial charge >= 0.3 is 5.97 Å². The molecule has 2 heteroatoms. The van der Waals surface area contributed by atoms with Gasteiger partial charge in [-0.2, -0.15) is 0 Å². The number of carbonyl (C=O) groups is 1. The summed E-state index contributed by atoms with van der Waals surface area (Å²) in [4.78, 5) is 11.4. The van der Waals surface area contributed by atoms with E-state index < -0.39 is 0 Å². The molecule has 18 heavy (non-hydrogen) atoms. The van der Waals surface area contributed by atoms with Crippen molar-refractivity contribution in [3.63, 3.8) is 0 Å². The van der Waals surface area contributed by atoms with E-state index in [2.05, 4.69) is 38.1 Å². The summed E-state index contributed by atoms with van der Waals surface area (Å²) in [5, 5.41) is 0. The highest BCUT2D eigenvalue weighted by Crippen LogP contribution is 2.22. The fraction of sp³-hybridized carbons (Fsp3) is 0.562. The van der Waals surface area contributed by atoms with E-state index in [1.165, 1.54) is 5.56 Å². The molecule has 0 heterocycles.